The van der Waals surface area contributed by atoms with E-state index in [1.54, 1.807) is 0 Å². The zero-order valence-corrected chi connectivity index (χ0v) is 15.2. The van der Waals surface area contributed by atoms with Gasteiger partial charge in [0.25, 0.3) is 0 Å². The van der Waals surface area contributed by atoms with E-state index in [9.17, 15) is 0 Å². The van der Waals surface area contributed by atoms with Gasteiger partial charge in [-0.05, 0) is 29.8 Å². The molecule has 0 unspecified atom stereocenters. The zero-order valence-electron chi connectivity index (χ0n) is 15.2. The number of aliphatic hydroxyl groups excluding tert-OH is 1. The van der Waals surface area contributed by atoms with Gasteiger partial charge in [-0.1, -0.05) is 44.2 Å². The number of hydrogen-bond acceptors (Lipinski definition) is 4. The monoisotopic (exact) mass is 341 g/mol. The number of aliphatic hydroxyl groups is 1. The minimum absolute atomic E-state index is 0.135. The van der Waals surface area contributed by atoms with E-state index in [0.29, 0.717) is 25.6 Å². The lowest BCUT2D eigenvalue weighted by Gasteiger charge is -2.06. The second kappa shape index (κ2) is 9.81. The number of benzene rings is 2. The summed E-state index contributed by atoms with van der Waals surface area (Å²) in [6.45, 7) is 7.93. The van der Waals surface area contributed by atoms with Gasteiger partial charge in [0.15, 0.2) is 0 Å². The van der Waals surface area contributed by atoms with Crippen molar-refractivity contribution in [2.24, 2.45) is 0 Å². The van der Waals surface area contributed by atoms with E-state index in [1.807, 2.05) is 43.7 Å². The molecule has 3 rings (SSSR count). The maximum Gasteiger partial charge on any atom is 0.233 e. The lowest BCUT2D eigenvalue weighted by Crippen LogP contribution is -2.24. The summed E-state index contributed by atoms with van der Waals surface area (Å²) < 4.78 is 7.54. The van der Waals surface area contributed by atoms with E-state index in [1.165, 1.54) is 10.8 Å². The summed E-state index contributed by atoms with van der Waals surface area (Å²) in [6.07, 6.45) is 0. The van der Waals surface area contributed by atoms with E-state index >= 15 is 0 Å². The molecule has 0 fully saturated rings. The largest absolute Gasteiger partial charge is 0.475 e. The van der Waals surface area contributed by atoms with Crippen LogP contribution in [0.5, 0.6) is 5.88 Å². The van der Waals surface area contributed by atoms with Crippen LogP contribution in [0.25, 0.3) is 16.5 Å². The fourth-order valence-corrected chi connectivity index (χ4v) is 2.52. The first-order valence-corrected chi connectivity index (χ1v) is 8.78. The second-order valence-electron chi connectivity index (χ2n) is 5.39. The van der Waals surface area contributed by atoms with Crippen LogP contribution in [0.3, 0.4) is 0 Å². The maximum absolute atomic E-state index is 8.70. The van der Waals surface area contributed by atoms with Crippen LogP contribution < -0.4 is 10.1 Å². The molecule has 0 bridgehead atoms. The van der Waals surface area contributed by atoms with Crippen LogP contribution in [0.1, 0.15) is 19.5 Å². The number of nitrogens with one attached hydrogen (secondary N) is 1. The molecule has 0 saturated carbocycles. The summed E-state index contributed by atoms with van der Waals surface area (Å²) in [4.78, 5) is 0. The molecule has 134 valence electrons. The number of ether oxygens (including phenoxy) is 1. The fourth-order valence-electron chi connectivity index (χ4n) is 2.52. The van der Waals surface area contributed by atoms with Crippen LogP contribution in [0, 0.1) is 6.92 Å². The van der Waals surface area contributed by atoms with Crippen molar-refractivity contribution in [2.45, 2.75) is 20.8 Å². The number of aryl methyl sites for hydroxylation is 1. The molecule has 25 heavy (non-hydrogen) atoms. The van der Waals surface area contributed by atoms with Gasteiger partial charge < -0.3 is 15.2 Å². The lowest BCUT2D eigenvalue weighted by molar-refractivity contribution is 0.271. The highest BCUT2D eigenvalue weighted by Gasteiger charge is 2.07. The molecule has 0 spiro atoms. The number of rotatable bonds is 7. The van der Waals surface area contributed by atoms with Crippen molar-refractivity contribution in [1.29, 1.82) is 0 Å². The second-order valence-corrected chi connectivity index (χ2v) is 5.39. The average molecular weight is 341 g/mol. The Kier molecular flexibility index (Phi) is 7.44. The summed E-state index contributed by atoms with van der Waals surface area (Å²) in [5, 5.41) is 18.7. The summed E-state index contributed by atoms with van der Waals surface area (Å²) in [7, 11) is 0. The van der Waals surface area contributed by atoms with E-state index in [-0.39, 0.29) is 6.61 Å². The van der Waals surface area contributed by atoms with Crippen molar-refractivity contribution in [3.63, 3.8) is 0 Å². The highest BCUT2D eigenvalue weighted by molar-refractivity contribution is 5.84. The molecular weight excluding hydrogens is 314 g/mol. The van der Waals surface area contributed by atoms with E-state index in [2.05, 4.69) is 40.7 Å². The smallest absolute Gasteiger partial charge is 0.233 e. The van der Waals surface area contributed by atoms with Gasteiger partial charge in [-0.15, -0.1) is 5.10 Å². The van der Waals surface area contributed by atoms with Crippen LogP contribution in [0.15, 0.2) is 48.5 Å². The van der Waals surface area contributed by atoms with Gasteiger partial charge in [-0.25, -0.2) is 4.68 Å². The molecule has 5 nitrogen and oxygen atoms in total. The first-order valence-electron chi connectivity index (χ1n) is 8.78. The minimum Gasteiger partial charge on any atom is -0.475 e. The van der Waals surface area contributed by atoms with Crippen molar-refractivity contribution < 1.29 is 9.84 Å². The Bertz CT molecular complexity index is 783. The van der Waals surface area contributed by atoms with Gasteiger partial charge in [0.05, 0.1) is 12.3 Å². The number of fused-ring (bicyclic) bond motifs is 1. The molecule has 1 heterocycles. The lowest BCUT2D eigenvalue weighted by atomic mass is 10.1. The van der Waals surface area contributed by atoms with Gasteiger partial charge in [0.2, 0.25) is 5.88 Å². The molecule has 0 atom stereocenters. The normalized spacial score (nSPS) is 10.4. The third kappa shape index (κ3) is 5.05. The zero-order chi connectivity index (χ0) is 18.1. The number of aromatic nitrogens is 2. The molecule has 3 aromatic rings. The Morgan fingerprint density at radius 2 is 1.80 bits per heavy atom. The molecule has 0 aliphatic rings. The Morgan fingerprint density at radius 1 is 1.04 bits per heavy atom. The third-order valence-corrected chi connectivity index (χ3v) is 3.66. The Balaban J connectivity index is 0.00000109. The van der Waals surface area contributed by atoms with Crippen molar-refractivity contribution in [3.8, 4) is 11.6 Å². The molecule has 0 aliphatic carbocycles. The highest BCUT2D eigenvalue weighted by atomic mass is 16.5. The quantitative estimate of drug-likeness (QED) is 0.647. The summed E-state index contributed by atoms with van der Waals surface area (Å²) in [6, 6.07) is 16.5. The molecule has 0 saturated heterocycles. The minimum atomic E-state index is 0.135. The van der Waals surface area contributed by atoms with Crippen molar-refractivity contribution in [1.82, 2.24) is 15.1 Å². The van der Waals surface area contributed by atoms with Gasteiger partial charge in [-0.2, -0.15) is 0 Å². The van der Waals surface area contributed by atoms with E-state index < -0.39 is 0 Å². The van der Waals surface area contributed by atoms with Gasteiger partial charge in [0, 0.05) is 24.8 Å². The summed E-state index contributed by atoms with van der Waals surface area (Å²) in [5.74, 6) is 0.612. The van der Waals surface area contributed by atoms with Gasteiger partial charge in [-0.3, -0.25) is 0 Å². The predicted molar refractivity (Wildman–Crippen MR) is 103 cm³/mol. The first kappa shape index (κ1) is 19.0. The molecule has 2 aromatic carbocycles. The molecule has 0 aliphatic heterocycles. The van der Waals surface area contributed by atoms with Crippen LogP contribution in [0.4, 0.5) is 0 Å². The number of hydrogen-bond donors (Lipinski definition) is 2. The SMILES string of the molecule is CC.Cc1cc(OCCNCCO)nn1-c1ccc2ccccc2c1. The Hall–Kier alpha value is -2.37. The van der Waals surface area contributed by atoms with Crippen LogP contribution >= 0.6 is 0 Å². The average Bonchev–Trinajstić information content (AvgIpc) is 3.03. The third-order valence-electron chi connectivity index (χ3n) is 3.66. The molecule has 5 heteroatoms. The first-order chi connectivity index (χ1) is 12.3. The standard InChI is InChI=1S/C18H21N3O2.C2H6/c1-14-12-18(23-11-9-19-8-10-22)20-21(14)17-7-6-15-4-2-3-5-16(15)13-17;1-2/h2-7,12-13,19,22H,8-11H2,1H3;1-2H3. The van der Waals surface area contributed by atoms with Crippen LogP contribution in [0.2, 0.25) is 0 Å². The van der Waals surface area contributed by atoms with Gasteiger partial charge in [0.1, 0.15) is 6.61 Å². The highest BCUT2D eigenvalue weighted by Crippen LogP contribution is 2.21. The molecular formula is C20H27N3O2. The Labute approximate surface area is 149 Å². The van der Waals surface area contributed by atoms with Crippen LogP contribution in [-0.4, -0.2) is 41.2 Å². The molecule has 0 radical (unpaired) electrons. The molecule has 1 aromatic heterocycles. The van der Waals surface area contributed by atoms with Crippen molar-refractivity contribution >= 4 is 10.8 Å². The number of nitrogens with zero attached hydrogens (tertiary/aromatic N) is 2. The predicted octanol–water partition coefficient (Wildman–Crippen LogP) is 3.32. The maximum atomic E-state index is 8.70. The van der Waals surface area contributed by atoms with Crippen LogP contribution in [-0.2, 0) is 0 Å². The van der Waals surface area contributed by atoms with Crippen molar-refractivity contribution in [2.75, 3.05) is 26.3 Å². The van der Waals surface area contributed by atoms with Crippen molar-refractivity contribution in [3.05, 3.63) is 54.2 Å². The van der Waals surface area contributed by atoms with E-state index in [4.69, 9.17) is 9.84 Å². The molecule has 2 N–H and O–H groups in total. The van der Waals surface area contributed by atoms with E-state index in [0.717, 1.165) is 11.4 Å². The fraction of sp³-hybridized carbons (Fsp3) is 0.350. The summed E-state index contributed by atoms with van der Waals surface area (Å²) >= 11 is 0. The summed E-state index contributed by atoms with van der Waals surface area (Å²) in [5.41, 5.74) is 2.05. The molecule has 0 amide bonds. The topological polar surface area (TPSA) is 59.3 Å². The Morgan fingerprint density at radius 3 is 2.56 bits per heavy atom. The van der Waals surface area contributed by atoms with Gasteiger partial charge >= 0.3 is 0 Å².